The van der Waals surface area contributed by atoms with Crippen molar-refractivity contribution in [1.82, 2.24) is 0 Å². The number of rotatable bonds is 3. The molecule has 4 atom stereocenters. The van der Waals surface area contributed by atoms with E-state index in [1.54, 1.807) is 45.4 Å². The summed E-state index contributed by atoms with van der Waals surface area (Å²) >= 11 is 0. The second-order valence-corrected chi connectivity index (χ2v) is 7.74. The number of hydrogen-bond donors (Lipinski definition) is 1. The molecule has 0 fully saturated rings. The number of aliphatic hydroxyl groups is 1. The minimum absolute atomic E-state index is 0.0909. The highest BCUT2D eigenvalue weighted by Gasteiger charge is 2.47. The van der Waals surface area contributed by atoms with Crippen molar-refractivity contribution in [2.45, 2.75) is 31.2 Å². The molecule has 3 heterocycles. The summed E-state index contributed by atoms with van der Waals surface area (Å²) in [7, 11) is 3.09. The highest BCUT2D eigenvalue weighted by Crippen LogP contribution is 2.52. The molecule has 0 aromatic heterocycles. The lowest BCUT2D eigenvalue weighted by molar-refractivity contribution is 0.0522. The van der Waals surface area contributed by atoms with Crippen LogP contribution in [0.3, 0.4) is 0 Å². The maximum Gasteiger partial charge on any atom is 0.178 e. The summed E-state index contributed by atoms with van der Waals surface area (Å²) in [5.74, 6) is 1.85. The fraction of sp³-hybridized carbons (Fsp3) is 0.348. The largest absolute Gasteiger partial charge is 0.493 e. The third kappa shape index (κ3) is 2.51. The molecule has 0 amide bonds. The molecule has 7 heteroatoms. The van der Waals surface area contributed by atoms with Crippen LogP contribution in [0.15, 0.2) is 36.4 Å². The number of aliphatic hydroxyl groups excluding tert-OH is 1. The minimum Gasteiger partial charge on any atom is -0.493 e. The molecule has 4 unspecified atom stereocenters. The fourth-order valence-corrected chi connectivity index (χ4v) is 4.45. The van der Waals surface area contributed by atoms with E-state index < -0.39 is 24.2 Å². The van der Waals surface area contributed by atoms with Gasteiger partial charge in [-0.25, -0.2) is 0 Å². The highest BCUT2D eigenvalue weighted by molar-refractivity contribution is 6.06. The number of ketones is 1. The lowest BCUT2D eigenvalue weighted by atomic mass is 9.81. The molecule has 156 valence electrons. The number of carbonyl (C=O) groups is 1. The maximum atomic E-state index is 13.5. The van der Waals surface area contributed by atoms with Crippen LogP contribution in [-0.2, 0) is 0 Å². The van der Waals surface area contributed by atoms with Gasteiger partial charge in [-0.3, -0.25) is 4.79 Å². The van der Waals surface area contributed by atoms with Crippen LogP contribution in [-0.4, -0.2) is 43.9 Å². The van der Waals surface area contributed by atoms with Crippen molar-refractivity contribution in [2.24, 2.45) is 0 Å². The van der Waals surface area contributed by atoms with Gasteiger partial charge >= 0.3 is 0 Å². The second-order valence-electron chi connectivity index (χ2n) is 7.74. The van der Waals surface area contributed by atoms with Crippen molar-refractivity contribution in [1.29, 1.82) is 0 Å². The van der Waals surface area contributed by atoms with Crippen LogP contribution in [0.25, 0.3) is 0 Å². The lowest BCUT2D eigenvalue weighted by Crippen LogP contribution is -2.43. The van der Waals surface area contributed by atoms with Gasteiger partial charge in [0, 0.05) is 11.6 Å². The average Bonchev–Trinajstić information content (AvgIpc) is 3.09. The first-order chi connectivity index (χ1) is 14.4. The van der Waals surface area contributed by atoms with Crippen molar-refractivity contribution in [3.05, 3.63) is 53.1 Å². The standard InChI is InChI=1S/C23H22O7/c1-10(2)22-21(25)19-13(29-22)6-5-11-20(24)18-12-7-15(26-3)16(27-4)8-14(12)28-9-17(18)30-23(11)19/h5-8,17-18,21-22,25H,1,9H2,2-4H3. The Bertz CT molecular complexity index is 1070. The number of fused-ring (bicyclic) bond motifs is 6. The van der Waals surface area contributed by atoms with Gasteiger partial charge < -0.3 is 28.8 Å². The Morgan fingerprint density at radius 1 is 1.13 bits per heavy atom. The van der Waals surface area contributed by atoms with Crippen LogP contribution in [0.2, 0.25) is 0 Å². The quantitative estimate of drug-likeness (QED) is 0.778. The van der Waals surface area contributed by atoms with Crippen molar-refractivity contribution < 1.29 is 33.6 Å². The Balaban J connectivity index is 1.60. The number of methoxy groups -OCH3 is 2. The Morgan fingerprint density at radius 3 is 2.57 bits per heavy atom. The molecule has 0 aliphatic carbocycles. The van der Waals surface area contributed by atoms with Crippen LogP contribution in [0.1, 0.15) is 40.4 Å². The number of Topliss-reactive ketones (excluding diaryl/α,β-unsaturated/α-hetero) is 1. The van der Waals surface area contributed by atoms with Crippen molar-refractivity contribution in [3.63, 3.8) is 0 Å². The predicted molar refractivity (Wildman–Crippen MR) is 107 cm³/mol. The Labute approximate surface area is 173 Å². The van der Waals surface area contributed by atoms with Crippen molar-refractivity contribution >= 4 is 5.78 Å². The van der Waals surface area contributed by atoms with Gasteiger partial charge in [-0.15, -0.1) is 0 Å². The maximum absolute atomic E-state index is 13.5. The summed E-state index contributed by atoms with van der Waals surface area (Å²) in [6.45, 7) is 5.87. The van der Waals surface area contributed by atoms with Crippen molar-refractivity contribution in [3.8, 4) is 28.7 Å². The molecule has 0 bridgehead atoms. The van der Waals surface area contributed by atoms with Gasteiger partial charge in [0.15, 0.2) is 17.3 Å². The summed E-state index contributed by atoms with van der Waals surface area (Å²) in [5, 5.41) is 10.8. The van der Waals surface area contributed by atoms with E-state index in [9.17, 15) is 9.90 Å². The molecule has 0 saturated heterocycles. The smallest absolute Gasteiger partial charge is 0.178 e. The zero-order chi connectivity index (χ0) is 21.2. The molecular weight excluding hydrogens is 388 g/mol. The number of benzene rings is 2. The zero-order valence-electron chi connectivity index (χ0n) is 16.9. The lowest BCUT2D eigenvalue weighted by Gasteiger charge is -2.37. The molecule has 5 rings (SSSR count). The molecule has 0 radical (unpaired) electrons. The molecule has 7 nitrogen and oxygen atoms in total. The van der Waals surface area contributed by atoms with Gasteiger partial charge in [-0.05, 0) is 30.7 Å². The van der Waals surface area contributed by atoms with E-state index in [0.717, 1.165) is 0 Å². The van der Waals surface area contributed by atoms with Gasteiger partial charge in [0.25, 0.3) is 0 Å². The zero-order valence-corrected chi connectivity index (χ0v) is 16.9. The van der Waals surface area contributed by atoms with Gasteiger partial charge in [0.2, 0.25) is 0 Å². The van der Waals surface area contributed by atoms with E-state index in [1.807, 2.05) is 0 Å². The fourth-order valence-electron chi connectivity index (χ4n) is 4.45. The summed E-state index contributed by atoms with van der Waals surface area (Å²) in [6, 6.07) is 6.89. The first kappa shape index (κ1) is 18.8. The normalized spacial score (nSPS) is 25.5. The highest BCUT2D eigenvalue weighted by atomic mass is 16.5. The molecule has 30 heavy (non-hydrogen) atoms. The number of ether oxygens (including phenoxy) is 5. The van der Waals surface area contributed by atoms with E-state index in [0.29, 0.717) is 51.0 Å². The molecule has 0 spiro atoms. The first-order valence-electron chi connectivity index (χ1n) is 9.71. The van der Waals surface area contributed by atoms with Gasteiger partial charge in [-0.1, -0.05) is 6.58 Å². The van der Waals surface area contributed by atoms with E-state index in [1.165, 1.54) is 0 Å². The second kappa shape index (κ2) is 6.67. The van der Waals surface area contributed by atoms with Gasteiger partial charge in [-0.2, -0.15) is 0 Å². The minimum atomic E-state index is -0.946. The molecular formula is C23H22O7. The Hall–Kier alpha value is -3.19. The topological polar surface area (TPSA) is 83.5 Å². The Kier molecular flexibility index (Phi) is 4.18. The van der Waals surface area contributed by atoms with Crippen LogP contribution in [0, 0.1) is 0 Å². The predicted octanol–water partition coefficient (Wildman–Crippen LogP) is 3.19. The summed E-state index contributed by atoms with van der Waals surface area (Å²) in [4.78, 5) is 13.5. The monoisotopic (exact) mass is 410 g/mol. The molecule has 2 aromatic carbocycles. The van der Waals surface area contributed by atoms with E-state index >= 15 is 0 Å². The van der Waals surface area contributed by atoms with Crippen LogP contribution >= 0.6 is 0 Å². The van der Waals surface area contributed by atoms with E-state index in [2.05, 4.69) is 6.58 Å². The number of carbonyl (C=O) groups excluding carboxylic acids is 1. The van der Waals surface area contributed by atoms with Crippen molar-refractivity contribution in [2.75, 3.05) is 20.8 Å². The van der Waals surface area contributed by atoms with Gasteiger partial charge in [0.05, 0.1) is 31.3 Å². The van der Waals surface area contributed by atoms with Crippen LogP contribution < -0.4 is 23.7 Å². The van der Waals surface area contributed by atoms with Crippen LogP contribution in [0.4, 0.5) is 0 Å². The third-order valence-electron chi connectivity index (χ3n) is 5.92. The Morgan fingerprint density at radius 2 is 1.87 bits per heavy atom. The third-order valence-corrected chi connectivity index (χ3v) is 5.92. The first-order valence-corrected chi connectivity index (χ1v) is 9.71. The molecule has 0 saturated carbocycles. The van der Waals surface area contributed by atoms with Gasteiger partial charge in [0.1, 0.15) is 42.2 Å². The molecule has 3 aliphatic heterocycles. The molecule has 2 aromatic rings. The summed E-state index contributed by atoms with van der Waals surface area (Å²) in [6.07, 6.45) is -2.04. The molecule has 3 aliphatic rings. The summed E-state index contributed by atoms with van der Waals surface area (Å²) in [5.41, 5.74) is 2.30. The molecule has 1 N–H and O–H groups in total. The SMILES string of the molecule is C=C(C)C1Oc2ccc3c(c2C1O)OC1COc2cc(OC)c(OC)cc2C1C3=O. The summed E-state index contributed by atoms with van der Waals surface area (Å²) < 4.78 is 28.7. The van der Waals surface area contributed by atoms with Crippen LogP contribution in [0.5, 0.6) is 28.7 Å². The van der Waals surface area contributed by atoms with E-state index in [4.69, 9.17) is 23.7 Å². The number of hydrogen-bond acceptors (Lipinski definition) is 7. The van der Waals surface area contributed by atoms with E-state index in [-0.39, 0.29) is 12.4 Å². The average molecular weight is 410 g/mol.